The van der Waals surface area contributed by atoms with Crippen molar-refractivity contribution in [2.75, 3.05) is 10.6 Å². The quantitative estimate of drug-likeness (QED) is 0.613. The maximum Gasteiger partial charge on any atom is 0.229 e. The summed E-state index contributed by atoms with van der Waals surface area (Å²) in [6, 6.07) is 12.7. The number of hydrogen-bond acceptors (Lipinski definition) is 5. The fraction of sp³-hybridized carbons (Fsp3) is 0.200. The van der Waals surface area contributed by atoms with E-state index < -0.39 is 11.6 Å². The number of rotatable bonds is 6. The standard InChI is InChI=1S/C20H20F2N4O/c1-12(2)27-16-7-4-14(5-8-16)25-20-23-13(3)10-19(26-20)24-15-6-9-17(21)18(22)11-15/h4-12H,1-3H3,(H2,23,24,25,26). The van der Waals surface area contributed by atoms with Gasteiger partial charge in [0, 0.05) is 29.2 Å². The van der Waals surface area contributed by atoms with Crippen molar-refractivity contribution in [2.24, 2.45) is 0 Å². The fourth-order valence-electron chi connectivity index (χ4n) is 2.43. The molecule has 0 aliphatic heterocycles. The summed E-state index contributed by atoms with van der Waals surface area (Å²) in [6.45, 7) is 5.76. The monoisotopic (exact) mass is 370 g/mol. The highest BCUT2D eigenvalue weighted by molar-refractivity contribution is 5.60. The van der Waals surface area contributed by atoms with Gasteiger partial charge in [0.2, 0.25) is 5.95 Å². The molecule has 7 heteroatoms. The molecule has 0 aliphatic carbocycles. The molecular weight excluding hydrogens is 350 g/mol. The first-order chi connectivity index (χ1) is 12.9. The number of aryl methyl sites for hydroxylation is 1. The van der Waals surface area contributed by atoms with E-state index in [1.165, 1.54) is 6.07 Å². The maximum absolute atomic E-state index is 13.4. The van der Waals surface area contributed by atoms with Crippen molar-refractivity contribution in [3.63, 3.8) is 0 Å². The molecule has 1 aromatic heterocycles. The fourth-order valence-corrected chi connectivity index (χ4v) is 2.43. The van der Waals surface area contributed by atoms with Gasteiger partial charge < -0.3 is 15.4 Å². The van der Waals surface area contributed by atoms with Crippen molar-refractivity contribution in [3.05, 3.63) is 65.9 Å². The van der Waals surface area contributed by atoms with Crippen LogP contribution in [0.5, 0.6) is 5.75 Å². The molecule has 0 spiro atoms. The first-order valence-corrected chi connectivity index (χ1v) is 8.50. The average molecular weight is 370 g/mol. The molecule has 2 N–H and O–H groups in total. The zero-order chi connectivity index (χ0) is 19.4. The number of hydrogen-bond donors (Lipinski definition) is 2. The normalized spacial score (nSPS) is 10.7. The molecule has 140 valence electrons. The summed E-state index contributed by atoms with van der Waals surface area (Å²) < 4.78 is 32.0. The molecule has 1 heterocycles. The summed E-state index contributed by atoms with van der Waals surface area (Å²) in [6.07, 6.45) is 0.105. The van der Waals surface area contributed by atoms with Crippen LogP contribution in [0.3, 0.4) is 0 Å². The number of aromatic nitrogens is 2. The molecule has 0 bridgehead atoms. The lowest BCUT2D eigenvalue weighted by Gasteiger charge is -2.12. The molecule has 0 saturated carbocycles. The second-order valence-electron chi connectivity index (χ2n) is 6.29. The van der Waals surface area contributed by atoms with E-state index >= 15 is 0 Å². The van der Waals surface area contributed by atoms with Gasteiger partial charge in [-0.3, -0.25) is 0 Å². The van der Waals surface area contributed by atoms with E-state index in [0.29, 0.717) is 17.5 Å². The maximum atomic E-state index is 13.4. The van der Waals surface area contributed by atoms with E-state index in [4.69, 9.17) is 4.74 Å². The molecule has 2 aromatic carbocycles. The van der Waals surface area contributed by atoms with Crippen LogP contribution in [0.4, 0.5) is 31.9 Å². The van der Waals surface area contributed by atoms with E-state index in [2.05, 4.69) is 20.6 Å². The predicted molar refractivity (Wildman–Crippen MR) is 102 cm³/mol. The van der Waals surface area contributed by atoms with Crippen LogP contribution in [-0.4, -0.2) is 16.1 Å². The first kappa shape index (κ1) is 18.6. The lowest BCUT2D eigenvalue weighted by molar-refractivity contribution is 0.242. The smallest absolute Gasteiger partial charge is 0.229 e. The van der Waals surface area contributed by atoms with E-state index in [1.54, 1.807) is 6.07 Å². The predicted octanol–water partition coefficient (Wildman–Crippen LogP) is 5.34. The summed E-state index contributed by atoms with van der Waals surface area (Å²) in [7, 11) is 0. The Morgan fingerprint density at radius 3 is 2.22 bits per heavy atom. The van der Waals surface area contributed by atoms with E-state index in [9.17, 15) is 8.78 Å². The second-order valence-corrected chi connectivity index (χ2v) is 6.29. The Morgan fingerprint density at radius 2 is 1.56 bits per heavy atom. The van der Waals surface area contributed by atoms with Gasteiger partial charge in [-0.1, -0.05) is 0 Å². The minimum Gasteiger partial charge on any atom is -0.491 e. The Balaban J connectivity index is 1.75. The molecule has 0 amide bonds. The van der Waals surface area contributed by atoms with Crippen molar-refractivity contribution in [1.82, 2.24) is 9.97 Å². The average Bonchev–Trinajstić information content (AvgIpc) is 2.59. The summed E-state index contributed by atoms with van der Waals surface area (Å²) in [5.74, 6) is -0.186. The van der Waals surface area contributed by atoms with Gasteiger partial charge in [-0.25, -0.2) is 13.8 Å². The minimum absolute atomic E-state index is 0.105. The summed E-state index contributed by atoms with van der Waals surface area (Å²) in [5, 5.41) is 6.07. The van der Waals surface area contributed by atoms with Gasteiger partial charge in [-0.05, 0) is 57.2 Å². The molecule has 0 radical (unpaired) electrons. The third-order valence-electron chi connectivity index (χ3n) is 3.53. The molecule has 0 aliphatic rings. The molecule has 5 nitrogen and oxygen atoms in total. The number of anilines is 4. The Labute approximate surface area is 156 Å². The summed E-state index contributed by atoms with van der Waals surface area (Å²) in [5.41, 5.74) is 1.92. The highest BCUT2D eigenvalue weighted by atomic mass is 19.2. The Bertz CT molecular complexity index is 930. The highest BCUT2D eigenvalue weighted by Crippen LogP contribution is 2.22. The van der Waals surface area contributed by atoms with Gasteiger partial charge in [0.1, 0.15) is 11.6 Å². The largest absolute Gasteiger partial charge is 0.491 e. The van der Waals surface area contributed by atoms with Crippen LogP contribution in [0, 0.1) is 18.6 Å². The number of halogens is 2. The van der Waals surface area contributed by atoms with Crippen molar-refractivity contribution < 1.29 is 13.5 Å². The Kier molecular flexibility index (Phi) is 5.49. The Morgan fingerprint density at radius 1 is 0.852 bits per heavy atom. The lowest BCUT2D eigenvalue weighted by atomic mass is 10.3. The Hall–Kier alpha value is -3.22. The number of benzene rings is 2. The van der Waals surface area contributed by atoms with Crippen LogP contribution in [-0.2, 0) is 0 Å². The molecule has 3 aromatic rings. The van der Waals surface area contributed by atoms with Gasteiger partial charge in [-0.2, -0.15) is 4.98 Å². The van der Waals surface area contributed by atoms with Crippen molar-refractivity contribution >= 4 is 23.1 Å². The number of ether oxygens (including phenoxy) is 1. The van der Waals surface area contributed by atoms with Gasteiger partial charge in [-0.15, -0.1) is 0 Å². The topological polar surface area (TPSA) is 59.1 Å². The van der Waals surface area contributed by atoms with Crippen molar-refractivity contribution in [2.45, 2.75) is 26.9 Å². The molecule has 0 unspecified atom stereocenters. The van der Waals surface area contributed by atoms with Gasteiger partial charge in [0.05, 0.1) is 6.10 Å². The van der Waals surface area contributed by atoms with Crippen LogP contribution in [0.25, 0.3) is 0 Å². The molecule has 0 saturated heterocycles. The third-order valence-corrected chi connectivity index (χ3v) is 3.53. The summed E-state index contributed by atoms with van der Waals surface area (Å²) in [4.78, 5) is 8.71. The van der Waals surface area contributed by atoms with Gasteiger partial charge in [0.25, 0.3) is 0 Å². The van der Waals surface area contributed by atoms with Crippen molar-refractivity contribution in [1.29, 1.82) is 0 Å². The molecular formula is C20H20F2N4O. The zero-order valence-electron chi connectivity index (χ0n) is 15.3. The molecule has 3 rings (SSSR count). The van der Waals surface area contributed by atoms with Crippen LogP contribution >= 0.6 is 0 Å². The van der Waals surface area contributed by atoms with E-state index in [1.807, 2.05) is 45.0 Å². The second kappa shape index (κ2) is 7.99. The third kappa shape index (κ3) is 5.13. The zero-order valence-corrected chi connectivity index (χ0v) is 15.3. The van der Waals surface area contributed by atoms with E-state index in [0.717, 1.165) is 29.3 Å². The lowest BCUT2D eigenvalue weighted by Crippen LogP contribution is -2.05. The van der Waals surface area contributed by atoms with Crippen LogP contribution < -0.4 is 15.4 Å². The first-order valence-electron chi connectivity index (χ1n) is 8.50. The molecule has 27 heavy (non-hydrogen) atoms. The summed E-state index contributed by atoms with van der Waals surface area (Å²) >= 11 is 0. The number of nitrogens with zero attached hydrogens (tertiary/aromatic N) is 2. The van der Waals surface area contributed by atoms with E-state index in [-0.39, 0.29) is 6.10 Å². The van der Waals surface area contributed by atoms with Crippen LogP contribution in [0.15, 0.2) is 48.5 Å². The minimum atomic E-state index is -0.923. The number of nitrogens with one attached hydrogen (secondary N) is 2. The molecule has 0 atom stereocenters. The van der Waals surface area contributed by atoms with Gasteiger partial charge in [0.15, 0.2) is 11.6 Å². The highest BCUT2D eigenvalue weighted by Gasteiger charge is 2.07. The molecule has 0 fully saturated rings. The van der Waals surface area contributed by atoms with Crippen LogP contribution in [0.2, 0.25) is 0 Å². The van der Waals surface area contributed by atoms with Crippen LogP contribution in [0.1, 0.15) is 19.5 Å². The SMILES string of the molecule is Cc1cc(Nc2ccc(F)c(F)c2)nc(Nc2ccc(OC(C)C)cc2)n1. The van der Waals surface area contributed by atoms with Gasteiger partial charge >= 0.3 is 0 Å². The van der Waals surface area contributed by atoms with Crippen molar-refractivity contribution in [3.8, 4) is 5.75 Å².